The lowest BCUT2D eigenvalue weighted by molar-refractivity contribution is 0.567. The summed E-state index contributed by atoms with van der Waals surface area (Å²) < 4.78 is 0. The maximum Gasteiger partial charge on any atom is 0.156 e. The third-order valence-corrected chi connectivity index (χ3v) is 3.15. The summed E-state index contributed by atoms with van der Waals surface area (Å²) in [5.74, 6) is 1.40. The van der Waals surface area contributed by atoms with Crippen molar-refractivity contribution >= 4 is 16.6 Å². The van der Waals surface area contributed by atoms with Crippen molar-refractivity contribution in [2.75, 3.05) is 18.4 Å². The molecular weight excluding hydrogens is 224 g/mol. The van der Waals surface area contributed by atoms with Gasteiger partial charge in [-0.15, -0.1) is 5.10 Å². The molecule has 0 saturated heterocycles. The van der Waals surface area contributed by atoms with Crippen molar-refractivity contribution in [3.8, 4) is 0 Å². The Labute approximate surface area is 108 Å². The van der Waals surface area contributed by atoms with Crippen LogP contribution < -0.4 is 11.1 Å². The summed E-state index contributed by atoms with van der Waals surface area (Å²) in [6.45, 7) is 5.77. The molecule has 4 nitrogen and oxygen atoms in total. The standard InChI is InChI=1S/C14H20N4/c1-10(7-8-15)9-16-14-13-6-4-3-5-12(13)11(2)17-18-14/h3-6,10H,7-9,15H2,1-2H3,(H,16,18). The van der Waals surface area contributed by atoms with Gasteiger partial charge in [0.05, 0.1) is 5.69 Å². The molecule has 0 fully saturated rings. The van der Waals surface area contributed by atoms with E-state index in [1.54, 1.807) is 0 Å². The largest absolute Gasteiger partial charge is 0.368 e. The van der Waals surface area contributed by atoms with Crippen molar-refractivity contribution in [3.05, 3.63) is 30.0 Å². The Hall–Kier alpha value is -1.68. The van der Waals surface area contributed by atoms with E-state index in [0.29, 0.717) is 5.92 Å². The number of benzene rings is 1. The summed E-state index contributed by atoms with van der Waals surface area (Å²) in [4.78, 5) is 0. The number of fused-ring (bicyclic) bond motifs is 1. The lowest BCUT2D eigenvalue weighted by atomic mass is 10.1. The van der Waals surface area contributed by atoms with E-state index in [-0.39, 0.29) is 0 Å². The highest BCUT2D eigenvalue weighted by molar-refractivity contribution is 5.92. The second-order valence-corrected chi connectivity index (χ2v) is 4.74. The second-order valence-electron chi connectivity index (χ2n) is 4.74. The molecule has 0 radical (unpaired) electrons. The molecular formula is C14H20N4. The Bertz CT molecular complexity index is 524. The summed E-state index contributed by atoms with van der Waals surface area (Å²) in [6.07, 6.45) is 1.02. The molecule has 0 bridgehead atoms. The van der Waals surface area contributed by atoms with Crippen LogP contribution in [0.3, 0.4) is 0 Å². The molecule has 0 aliphatic rings. The molecule has 1 aromatic carbocycles. The maximum atomic E-state index is 5.55. The Morgan fingerprint density at radius 3 is 2.67 bits per heavy atom. The Morgan fingerprint density at radius 1 is 1.22 bits per heavy atom. The zero-order chi connectivity index (χ0) is 13.0. The molecule has 1 atom stereocenters. The molecule has 0 aliphatic carbocycles. The third-order valence-electron chi connectivity index (χ3n) is 3.15. The number of nitrogens with two attached hydrogens (primary N) is 1. The van der Waals surface area contributed by atoms with Crippen LogP contribution in [-0.2, 0) is 0 Å². The summed E-state index contributed by atoms with van der Waals surface area (Å²) in [6, 6.07) is 8.20. The highest BCUT2D eigenvalue weighted by Crippen LogP contribution is 2.22. The number of nitrogens with one attached hydrogen (secondary N) is 1. The molecule has 0 saturated carbocycles. The van der Waals surface area contributed by atoms with E-state index < -0.39 is 0 Å². The molecule has 2 rings (SSSR count). The molecule has 1 heterocycles. The maximum absolute atomic E-state index is 5.55. The fourth-order valence-electron chi connectivity index (χ4n) is 2.03. The quantitative estimate of drug-likeness (QED) is 0.847. The summed E-state index contributed by atoms with van der Waals surface area (Å²) in [7, 11) is 0. The smallest absolute Gasteiger partial charge is 0.156 e. The summed E-state index contributed by atoms with van der Waals surface area (Å²) in [5, 5.41) is 14.1. The molecule has 0 spiro atoms. The number of anilines is 1. The Kier molecular flexibility index (Phi) is 4.10. The normalized spacial score (nSPS) is 12.6. The van der Waals surface area contributed by atoms with Gasteiger partial charge in [0.25, 0.3) is 0 Å². The van der Waals surface area contributed by atoms with Crippen LogP contribution in [0, 0.1) is 12.8 Å². The van der Waals surface area contributed by atoms with Gasteiger partial charge in [0.2, 0.25) is 0 Å². The molecule has 2 aromatic rings. The van der Waals surface area contributed by atoms with E-state index in [1.807, 2.05) is 19.1 Å². The van der Waals surface area contributed by atoms with Crippen LogP contribution in [0.5, 0.6) is 0 Å². The average molecular weight is 244 g/mol. The molecule has 0 amide bonds. The van der Waals surface area contributed by atoms with Crippen molar-refractivity contribution < 1.29 is 0 Å². The Morgan fingerprint density at radius 2 is 1.94 bits per heavy atom. The van der Waals surface area contributed by atoms with E-state index in [2.05, 4.69) is 34.6 Å². The number of hydrogen-bond acceptors (Lipinski definition) is 4. The predicted molar refractivity (Wildman–Crippen MR) is 75.6 cm³/mol. The fraction of sp³-hybridized carbons (Fsp3) is 0.429. The van der Waals surface area contributed by atoms with Gasteiger partial charge in [0, 0.05) is 17.3 Å². The van der Waals surface area contributed by atoms with Gasteiger partial charge in [-0.2, -0.15) is 5.10 Å². The van der Waals surface area contributed by atoms with Gasteiger partial charge in [-0.05, 0) is 25.8 Å². The second kappa shape index (κ2) is 5.78. The lowest BCUT2D eigenvalue weighted by Crippen LogP contribution is -2.16. The van der Waals surface area contributed by atoms with Crippen molar-refractivity contribution in [2.45, 2.75) is 20.3 Å². The van der Waals surface area contributed by atoms with Gasteiger partial charge in [0.1, 0.15) is 0 Å². The minimum absolute atomic E-state index is 0.539. The first-order valence-electron chi connectivity index (χ1n) is 6.38. The minimum Gasteiger partial charge on any atom is -0.368 e. The van der Waals surface area contributed by atoms with Gasteiger partial charge in [-0.1, -0.05) is 31.2 Å². The van der Waals surface area contributed by atoms with Crippen LogP contribution in [0.1, 0.15) is 19.0 Å². The van der Waals surface area contributed by atoms with Crippen LogP contribution in [0.15, 0.2) is 24.3 Å². The highest BCUT2D eigenvalue weighted by Gasteiger charge is 2.07. The van der Waals surface area contributed by atoms with Crippen molar-refractivity contribution in [1.82, 2.24) is 10.2 Å². The van der Waals surface area contributed by atoms with Crippen LogP contribution in [0.2, 0.25) is 0 Å². The Balaban J connectivity index is 2.21. The zero-order valence-electron chi connectivity index (χ0n) is 11.0. The van der Waals surface area contributed by atoms with E-state index in [0.717, 1.165) is 41.8 Å². The molecule has 1 unspecified atom stereocenters. The monoisotopic (exact) mass is 244 g/mol. The topological polar surface area (TPSA) is 63.8 Å². The fourth-order valence-corrected chi connectivity index (χ4v) is 2.03. The van der Waals surface area contributed by atoms with Gasteiger partial charge in [-0.25, -0.2) is 0 Å². The van der Waals surface area contributed by atoms with Gasteiger partial charge in [-0.3, -0.25) is 0 Å². The van der Waals surface area contributed by atoms with Crippen LogP contribution in [-0.4, -0.2) is 23.3 Å². The van der Waals surface area contributed by atoms with E-state index in [4.69, 9.17) is 5.73 Å². The molecule has 96 valence electrons. The average Bonchev–Trinajstić information content (AvgIpc) is 2.39. The number of hydrogen-bond donors (Lipinski definition) is 2. The summed E-state index contributed by atoms with van der Waals surface area (Å²) in [5.41, 5.74) is 6.52. The third kappa shape index (κ3) is 2.76. The first kappa shape index (κ1) is 12.8. The minimum atomic E-state index is 0.539. The van der Waals surface area contributed by atoms with Gasteiger partial charge >= 0.3 is 0 Å². The van der Waals surface area contributed by atoms with Crippen molar-refractivity contribution in [2.24, 2.45) is 11.7 Å². The lowest BCUT2D eigenvalue weighted by Gasteiger charge is -2.13. The number of aryl methyl sites for hydroxylation is 1. The molecule has 3 N–H and O–H groups in total. The summed E-state index contributed by atoms with van der Waals surface area (Å²) >= 11 is 0. The van der Waals surface area contributed by atoms with Crippen LogP contribution in [0.4, 0.5) is 5.82 Å². The molecule has 1 aromatic heterocycles. The van der Waals surface area contributed by atoms with Gasteiger partial charge in [0.15, 0.2) is 5.82 Å². The number of rotatable bonds is 5. The van der Waals surface area contributed by atoms with E-state index >= 15 is 0 Å². The molecule has 0 aliphatic heterocycles. The van der Waals surface area contributed by atoms with Crippen molar-refractivity contribution in [3.63, 3.8) is 0 Å². The highest BCUT2D eigenvalue weighted by atomic mass is 15.2. The van der Waals surface area contributed by atoms with E-state index in [9.17, 15) is 0 Å². The predicted octanol–water partition coefficient (Wildman–Crippen LogP) is 2.34. The zero-order valence-corrected chi connectivity index (χ0v) is 11.0. The van der Waals surface area contributed by atoms with Gasteiger partial charge < -0.3 is 11.1 Å². The van der Waals surface area contributed by atoms with E-state index in [1.165, 1.54) is 0 Å². The SMILES string of the molecule is Cc1nnc(NCC(C)CCN)c2ccccc12. The van der Waals surface area contributed by atoms with Crippen molar-refractivity contribution in [1.29, 1.82) is 0 Å². The number of nitrogens with zero attached hydrogens (tertiary/aromatic N) is 2. The first-order chi connectivity index (χ1) is 8.72. The van der Waals surface area contributed by atoms with Crippen LogP contribution in [0.25, 0.3) is 10.8 Å². The molecule has 18 heavy (non-hydrogen) atoms. The number of aromatic nitrogens is 2. The van der Waals surface area contributed by atoms with Crippen LogP contribution >= 0.6 is 0 Å². The molecule has 4 heteroatoms. The first-order valence-corrected chi connectivity index (χ1v) is 6.38.